The van der Waals surface area contributed by atoms with Gasteiger partial charge in [-0.3, -0.25) is 9.59 Å². The minimum Gasteiger partial charge on any atom is -0.393 e. The van der Waals surface area contributed by atoms with Crippen LogP contribution in [0.25, 0.3) is 0 Å². The summed E-state index contributed by atoms with van der Waals surface area (Å²) in [7, 11) is 0. The van der Waals surface area contributed by atoms with Crippen LogP contribution in [0.5, 0.6) is 0 Å². The fourth-order valence-corrected chi connectivity index (χ4v) is 10.1. The minimum absolute atomic E-state index is 0.0143. The molecule has 1 aromatic carbocycles. The SMILES string of the molecule is C[C@]12C=CC(=O)C=C1CC[C@@H]1[C@@H]2[C@@H](O)C[C@@]2(C)[C@H]1C[C@H]1O[C@@H](c3ccc(CC4(N)CC(F)(F)C4)cc3)O[C@]12C(=O)CO. The second-order valence-electron chi connectivity index (χ2n) is 14.3. The Hall–Kier alpha value is -2.30. The number of rotatable bonds is 5. The molecule has 0 radical (unpaired) electrons. The Kier molecular flexibility index (Phi) is 6.18. The lowest BCUT2D eigenvalue weighted by Gasteiger charge is -2.59. The summed E-state index contributed by atoms with van der Waals surface area (Å²) in [4.78, 5) is 25.8. The van der Waals surface area contributed by atoms with Crippen molar-refractivity contribution in [3.8, 4) is 0 Å². The highest BCUT2D eigenvalue weighted by Gasteiger charge is 2.75. The molecule has 1 heterocycles. The van der Waals surface area contributed by atoms with Gasteiger partial charge in [0.2, 0.25) is 0 Å². The standard InChI is InChI=1S/C33H39F2NO6/c1-29-10-9-21(38)11-20(29)7-8-22-23-12-26-33(25(40)15-37,30(23,2)14-24(39)27(22)29)42-28(41-26)19-5-3-18(4-6-19)13-31(36)16-32(34,35)17-31/h3-6,9-11,22-24,26-28,37,39H,7-8,12-17,36H2,1-2H3/t22-,23-,24-,26+,27+,28+,29-,30-,33+/m0/s1. The number of ether oxygens (including phenoxy) is 2. The first-order valence-corrected chi connectivity index (χ1v) is 15.1. The Morgan fingerprint density at radius 2 is 1.88 bits per heavy atom. The first-order valence-electron chi connectivity index (χ1n) is 15.1. The molecule has 7 rings (SSSR count). The Balaban J connectivity index is 1.16. The highest BCUT2D eigenvalue weighted by molar-refractivity contribution is 6.01. The summed E-state index contributed by atoms with van der Waals surface area (Å²) >= 11 is 0. The molecule has 0 amide bonds. The monoisotopic (exact) mass is 583 g/mol. The van der Waals surface area contributed by atoms with Gasteiger partial charge in [0.1, 0.15) is 6.61 Å². The number of Topliss-reactive ketones (excluding diaryl/α,β-unsaturated/α-hetero) is 1. The van der Waals surface area contributed by atoms with Gasteiger partial charge >= 0.3 is 0 Å². The van der Waals surface area contributed by atoms with E-state index in [1.807, 2.05) is 37.3 Å². The van der Waals surface area contributed by atoms with Gasteiger partial charge in [-0.25, -0.2) is 8.78 Å². The predicted octanol–water partition coefficient (Wildman–Crippen LogP) is 3.96. The summed E-state index contributed by atoms with van der Waals surface area (Å²) in [5.74, 6) is -3.17. The topological polar surface area (TPSA) is 119 Å². The number of halogens is 2. The van der Waals surface area contributed by atoms with Crippen molar-refractivity contribution in [1.29, 1.82) is 0 Å². The first-order chi connectivity index (χ1) is 19.7. The van der Waals surface area contributed by atoms with Gasteiger partial charge in [0.05, 0.1) is 12.2 Å². The Bertz CT molecular complexity index is 1380. The van der Waals surface area contributed by atoms with Crippen LogP contribution in [-0.2, 0) is 25.5 Å². The molecule has 42 heavy (non-hydrogen) atoms. The zero-order chi connectivity index (χ0) is 29.9. The molecule has 0 aromatic heterocycles. The van der Waals surface area contributed by atoms with E-state index in [0.29, 0.717) is 24.8 Å². The molecular formula is C33H39F2NO6. The number of allylic oxidation sites excluding steroid dienone is 4. The second kappa shape index (κ2) is 9.11. The van der Waals surface area contributed by atoms with Gasteiger partial charge < -0.3 is 25.4 Å². The van der Waals surface area contributed by atoms with Crippen LogP contribution in [0.3, 0.4) is 0 Å². The van der Waals surface area contributed by atoms with Crippen LogP contribution in [0.15, 0.2) is 48.1 Å². The summed E-state index contributed by atoms with van der Waals surface area (Å²) in [6.45, 7) is 3.41. The number of nitrogens with two attached hydrogens (primary N) is 1. The Morgan fingerprint density at radius 1 is 1.17 bits per heavy atom. The number of ketones is 2. The molecule has 4 N–H and O–H groups in total. The Morgan fingerprint density at radius 3 is 2.55 bits per heavy atom. The van der Waals surface area contributed by atoms with Crippen LogP contribution in [0.1, 0.15) is 69.8 Å². The van der Waals surface area contributed by atoms with E-state index in [2.05, 4.69) is 6.92 Å². The van der Waals surface area contributed by atoms with Crippen LogP contribution in [0.4, 0.5) is 8.78 Å². The number of hydrogen-bond donors (Lipinski definition) is 3. The summed E-state index contributed by atoms with van der Waals surface area (Å²) in [6, 6.07) is 7.29. The minimum atomic E-state index is -2.70. The lowest BCUT2D eigenvalue weighted by atomic mass is 9.46. The summed E-state index contributed by atoms with van der Waals surface area (Å²) < 4.78 is 40.0. The van der Waals surface area contributed by atoms with Crippen molar-refractivity contribution in [2.45, 2.75) is 94.4 Å². The summed E-state index contributed by atoms with van der Waals surface area (Å²) in [5.41, 5.74) is 5.18. The van der Waals surface area contributed by atoms with Gasteiger partial charge in [0, 0.05) is 40.7 Å². The quantitative estimate of drug-likeness (QED) is 0.480. The van der Waals surface area contributed by atoms with Crippen molar-refractivity contribution in [3.63, 3.8) is 0 Å². The molecule has 1 aromatic rings. The van der Waals surface area contributed by atoms with E-state index in [0.717, 1.165) is 24.0 Å². The molecule has 7 nitrogen and oxygen atoms in total. The lowest BCUT2D eigenvalue weighted by molar-refractivity contribution is -0.201. The molecule has 1 saturated heterocycles. The molecule has 4 saturated carbocycles. The normalized spacial score (nSPS) is 44.4. The molecule has 1 aliphatic heterocycles. The second-order valence-corrected chi connectivity index (χ2v) is 14.3. The molecule has 5 aliphatic carbocycles. The van der Waals surface area contributed by atoms with Gasteiger partial charge in [-0.2, -0.15) is 0 Å². The molecule has 0 bridgehead atoms. The van der Waals surface area contributed by atoms with E-state index in [1.165, 1.54) is 0 Å². The van der Waals surface area contributed by atoms with Crippen molar-refractivity contribution in [2.24, 2.45) is 34.3 Å². The number of hydrogen-bond acceptors (Lipinski definition) is 7. The average Bonchev–Trinajstić information content (AvgIpc) is 3.40. The van der Waals surface area contributed by atoms with Gasteiger partial charge in [0.25, 0.3) is 5.92 Å². The largest absolute Gasteiger partial charge is 0.393 e. The van der Waals surface area contributed by atoms with Crippen LogP contribution in [-0.4, -0.2) is 57.7 Å². The van der Waals surface area contributed by atoms with E-state index in [1.54, 1.807) is 12.2 Å². The third kappa shape index (κ3) is 3.86. The maximum absolute atomic E-state index is 13.7. The fourth-order valence-electron chi connectivity index (χ4n) is 10.1. The third-order valence-corrected chi connectivity index (χ3v) is 11.8. The number of fused-ring (bicyclic) bond motifs is 7. The van der Waals surface area contributed by atoms with Crippen molar-refractivity contribution in [3.05, 3.63) is 59.2 Å². The van der Waals surface area contributed by atoms with E-state index in [9.17, 15) is 28.6 Å². The molecule has 0 unspecified atom stereocenters. The van der Waals surface area contributed by atoms with Gasteiger partial charge in [-0.15, -0.1) is 0 Å². The van der Waals surface area contributed by atoms with Gasteiger partial charge in [-0.05, 0) is 61.7 Å². The first kappa shape index (κ1) is 28.5. The van der Waals surface area contributed by atoms with Crippen LogP contribution >= 0.6 is 0 Å². The van der Waals surface area contributed by atoms with Crippen molar-refractivity contribution >= 4 is 11.6 Å². The average molecular weight is 584 g/mol. The third-order valence-electron chi connectivity index (χ3n) is 11.8. The number of alkyl halides is 2. The maximum Gasteiger partial charge on any atom is 0.251 e. The van der Waals surface area contributed by atoms with Gasteiger partial charge in [0.15, 0.2) is 23.5 Å². The number of aliphatic hydroxyl groups is 2. The highest BCUT2D eigenvalue weighted by atomic mass is 19.3. The smallest absolute Gasteiger partial charge is 0.251 e. The molecule has 6 aliphatic rings. The summed E-state index contributed by atoms with van der Waals surface area (Å²) in [5, 5.41) is 21.9. The van der Waals surface area contributed by atoms with Crippen LogP contribution in [0.2, 0.25) is 0 Å². The molecule has 9 heteroatoms. The summed E-state index contributed by atoms with van der Waals surface area (Å²) in [6.07, 6.45) is 5.17. The molecule has 226 valence electrons. The Labute approximate surface area is 244 Å². The fraction of sp³-hybridized carbons (Fsp3) is 0.636. The lowest BCUT2D eigenvalue weighted by Crippen LogP contribution is -2.63. The number of benzene rings is 1. The number of carbonyl (C=O) groups is 2. The maximum atomic E-state index is 13.7. The van der Waals surface area contributed by atoms with E-state index in [-0.39, 0.29) is 36.4 Å². The zero-order valence-corrected chi connectivity index (χ0v) is 24.0. The molecular weight excluding hydrogens is 544 g/mol. The van der Waals surface area contributed by atoms with Crippen molar-refractivity contribution < 1.29 is 38.1 Å². The molecule has 9 atom stereocenters. The van der Waals surface area contributed by atoms with Crippen molar-refractivity contribution in [2.75, 3.05) is 6.61 Å². The van der Waals surface area contributed by atoms with Gasteiger partial charge in [-0.1, -0.05) is 49.8 Å². The van der Waals surface area contributed by atoms with E-state index >= 15 is 0 Å². The van der Waals surface area contributed by atoms with Crippen LogP contribution < -0.4 is 5.73 Å². The predicted molar refractivity (Wildman–Crippen MR) is 148 cm³/mol. The molecule has 0 spiro atoms. The zero-order valence-electron chi connectivity index (χ0n) is 24.0. The van der Waals surface area contributed by atoms with Crippen molar-refractivity contribution in [1.82, 2.24) is 0 Å². The number of aliphatic hydroxyl groups excluding tert-OH is 2. The number of carbonyl (C=O) groups excluding carboxylic acids is 2. The van der Waals surface area contributed by atoms with E-state index in [4.69, 9.17) is 15.2 Å². The molecule has 5 fully saturated rings. The van der Waals surface area contributed by atoms with E-state index < -0.39 is 58.8 Å². The van der Waals surface area contributed by atoms with Crippen LogP contribution in [0, 0.1) is 28.6 Å². The highest BCUT2D eigenvalue weighted by Crippen LogP contribution is 2.70.